The first-order valence-electron chi connectivity index (χ1n) is 3.53. The number of carbonyl (C=O) groups is 1. The number of H-pyrrole nitrogens is 1. The highest BCUT2D eigenvalue weighted by atomic mass is 16.1. The number of hydrogen-bond donors (Lipinski definition) is 2. The molecule has 1 aromatic heterocycles. The van der Waals surface area contributed by atoms with Crippen LogP contribution in [0.25, 0.3) is 0 Å². The quantitative estimate of drug-likeness (QED) is 0.659. The van der Waals surface area contributed by atoms with Gasteiger partial charge in [0, 0.05) is 11.8 Å². The van der Waals surface area contributed by atoms with Crippen LogP contribution in [0.5, 0.6) is 0 Å². The molecule has 0 saturated heterocycles. The van der Waals surface area contributed by atoms with Crippen LogP contribution in [0.4, 0.5) is 0 Å². The minimum absolute atomic E-state index is 0.200. The molecule has 0 fully saturated rings. The number of primary amides is 1. The number of carbonyl (C=O) groups excluding carboxylic acids is 1. The third kappa shape index (κ3) is 1.58. The van der Waals surface area contributed by atoms with E-state index >= 15 is 0 Å². The Morgan fingerprint density at radius 3 is 3.00 bits per heavy atom. The van der Waals surface area contributed by atoms with Gasteiger partial charge in [0.1, 0.15) is 0 Å². The summed E-state index contributed by atoms with van der Waals surface area (Å²) in [6.07, 6.45) is 4.03. The number of nitrogens with two attached hydrogens (primary N) is 1. The van der Waals surface area contributed by atoms with E-state index in [1.165, 1.54) is 0 Å². The lowest BCUT2D eigenvalue weighted by Crippen LogP contribution is -2.20. The Morgan fingerprint density at radius 1 is 1.91 bits per heavy atom. The van der Waals surface area contributed by atoms with Gasteiger partial charge in [0.25, 0.3) is 0 Å². The van der Waals surface area contributed by atoms with Crippen molar-refractivity contribution in [3.63, 3.8) is 0 Å². The average Bonchev–Trinajstić information content (AvgIpc) is 2.40. The van der Waals surface area contributed by atoms with E-state index in [2.05, 4.69) is 10.2 Å². The lowest BCUT2D eigenvalue weighted by Gasteiger charge is -2.05. The lowest BCUT2D eigenvalue weighted by atomic mass is 10.00. The van der Waals surface area contributed by atoms with Crippen molar-refractivity contribution < 1.29 is 4.79 Å². The van der Waals surface area contributed by atoms with Gasteiger partial charge in [0.05, 0.1) is 12.1 Å². The highest BCUT2D eigenvalue weighted by molar-refractivity contribution is 5.81. The van der Waals surface area contributed by atoms with Gasteiger partial charge in [-0.05, 0) is 6.42 Å². The Hall–Kier alpha value is -1.32. The van der Waals surface area contributed by atoms with E-state index in [-0.39, 0.29) is 11.8 Å². The molecule has 0 bridgehead atoms. The second kappa shape index (κ2) is 3.18. The van der Waals surface area contributed by atoms with Gasteiger partial charge in [0.15, 0.2) is 0 Å². The first-order valence-corrected chi connectivity index (χ1v) is 3.53. The largest absolute Gasteiger partial charge is 0.369 e. The van der Waals surface area contributed by atoms with E-state index in [0.717, 1.165) is 12.0 Å². The number of hydrogen-bond acceptors (Lipinski definition) is 2. The predicted molar refractivity (Wildman–Crippen MR) is 40.8 cm³/mol. The van der Waals surface area contributed by atoms with Crippen molar-refractivity contribution in [1.29, 1.82) is 0 Å². The van der Waals surface area contributed by atoms with E-state index in [0.29, 0.717) is 0 Å². The molecule has 1 unspecified atom stereocenters. The van der Waals surface area contributed by atoms with Crippen LogP contribution < -0.4 is 5.73 Å². The van der Waals surface area contributed by atoms with E-state index in [9.17, 15) is 4.79 Å². The molecule has 4 nitrogen and oxygen atoms in total. The van der Waals surface area contributed by atoms with Crippen molar-refractivity contribution in [2.45, 2.75) is 19.3 Å². The molecule has 1 heterocycles. The molecule has 0 aliphatic carbocycles. The molecule has 1 aromatic rings. The standard InChI is InChI=1S/C7H11N3O/c1-2-6(7(8)11)5-3-9-10-4-5/h3-4,6H,2H2,1H3,(H2,8,11)(H,9,10). The molecule has 0 spiro atoms. The molecule has 0 aromatic carbocycles. The van der Waals surface area contributed by atoms with Crippen molar-refractivity contribution in [3.8, 4) is 0 Å². The Bertz CT molecular complexity index is 230. The van der Waals surface area contributed by atoms with Gasteiger partial charge in [-0.25, -0.2) is 0 Å². The molecule has 1 rings (SSSR count). The monoisotopic (exact) mass is 153 g/mol. The number of rotatable bonds is 3. The zero-order chi connectivity index (χ0) is 8.27. The number of aromatic nitrogens is 2. The fourth-order valence-electron chi connectivity index (χ4n) is 1.05. The molecule has 0 radical (unpaired) electrons. The Kier molecular flexibility index (Phi) is 2.25. The molecular formula is C7H11N3O. The fraction of sp³-hybridized carbons (Fsp3) is 0.429. The van der Waals surface area contributed by atoms with E-state index in [1.54, 1.807) is 12.4 Å². The zero-order valence-electron chi connectivity index (χ0n) is 6.37. The number of aromatic amines is 1. The van der Waals surface area contributed by atoms with Gasteiger partial charge in [-0.3, -0.25) is 9.89 Å². The van der Waals surface area contributed by atoms with Crippen molar-refractivity contribution in [1.82, 2.24) is 10.2 Å². The number of nitrogens with zero attached hydrogens (tertiary/aromatic N) is 1. The normalized spacial score (nSPS) is 12.8. The summed E-state index contributed by atoms with van der Waals surface area (Å²) in [6, 6.07) is 0. The summed E-state index contributed by atoms with van der Waals surface area (Å²) in [5.41, 5.74) is 6.02. The summed E-state index contributed by atoms with van der Waals surface area (Å²) in [7, 11) is 0. The van der Waals surface area contributed by atoms with Crippen LogP contribution in [0.3, 0.4) is 0 Å². The Balaban J connectivity index is 2.79. The third-order valence-corrected chi connectivity index (χ3v) is 1.67. The second-order valence-corrected chi connectivity index (χ2v) is 2.39. The fourth-order valence-corrected chi connectivity index (χ4v) is 1.05. The van der Waals surface area contributed by atoms with Crippen LogP contribution in [0.1, 0.15) is 24.8 Å². The van der Waals surface area contributed by atoms with Gasteiger partial charge in [-0.15, -0.1) is 0 Å². The minimum atomic E-state index is -0.297. The second-order valence-electron chi connectivity index (χ2n) is 2.39. The summed E-state index contributed by atoms with van der Waals surface area (Å²) in [5, 5.41) is 6.38. The van der Waals surface area contributed by atoms with Crippen molar-refractivity contribution in [3.05, 3.63) is 18.0 Å². The maximum atomic E-state index is 10.8. The SMILES string of the molecule is CCC(C(N)=O)c1cn[nH]c1. The molecule has 1 atom stereocenters. The van der Waals surface area contributed by atoms with Gasteiger partial charge in [-0.2, -0.15) is 5.10 Å². The number of amides is 1. The Labute approximate surface area is 64.8 Å². The molecule has 0 aliphatic rings. The summed E-state index contributed by atoms with van der Waals surface area (Å²) in [4.78, 5) is 10.8. The van der Waals surface area contributed by atoms with Gasteiger partial charge in [0.2, 0.25) is 5.91 Å². The highest BCUT2D eigenvalue weighted by Gasteiger charge is 2.15. The first kappa shape index (κ1) is 7.78. The minimum Gasteiger partial charge on any atom is -0.369 e. The molecule has 0 aliphatic heterocycles. The van der Waals surface area contributed by atoms with Crippen LogP contribution in [0.2, 0.25) is 0 Å². The van der Waals surface area contributed by atoms with Crippen LogP contribution in [0, 0.1) is 0 Å². The van der Waals surface area contributed by atoms with Crippen molar-refractivity contribution >= 4 is 5.91 Å². The molecule has 1 amide bonds. The maximum absolute atomic E-state index is 10.8. The average molecular weight is 153 g/mol. The topological polar surface area (TPSA) is 71.8 Å². The molecule has 60 valence electrons. The van der Waals surface area contributed by atoms with Gasteiger partial charge < -0.3 is 5.73 Å². The van der Waals surface area contributed by atoms with Crippen molar-refractivity contribution in [2.75, 3.05) is 0 Å². The number of nitrogens with one attached hydrogen (secondary N) is 1. The summed E-state index contributed by atoms with van der Waals surface area (Å²) >= 11 is 0. The van der Waals surface area contributed by atoms with Crippen LogP contribution >= 0.6 is 0 Å². The van der Waals surface area contributed by atoms with Crippen LogP contribution in [0.15, 0.2) is 12.4 Å². The molecule has 3 N–H and O–H groups in total. The summed E-state index contributed by atoms with van der Waals surface area (Å²) < 4.78 is 0. The van der Waals surface area contributed by atoms with Crippen LogP contribution in [-0.4, -0.2) is 16.1 Å². The molecule has 4 heteroatoms. The lowest BCUT2D eigenvalue weighted by molar-refractivity contribution is -0.119. The van der Waals surface area contributed by atoms with E-state index in [1.807, 2.05) is 6.92 Å². The Morgan fingerprint density at radius 2 is 2.64 bits per heavy atom. The summed E-state index contributed by atoms with van der Waals surface area (Å²) in [5.74, 6) is -0.498. The van der Waals surface area contributed by atoms with Gasteiger partial charge in [-0.1, -0.05) is 6.92 Å². The van der Waals surface area contributed by atoms with E-state index in [4.69, 9.17) is 5.73 Å². The third-order valence-electron chi connectivity index (χ3n) is 1.67. The summed E-state index contributed by atoms with van der Waals surface area (Å²) in [6.45, 7) is 1.92. The highest BCUT2D eigenvalue weighted by Crippen LogP contribution is 2.16. The zero-order valence-corrected chi connectivity index (χ0v) is 6.37. The predicted octanol–water partition coefficient (Wildman–Crippen LogP) is 0.389. The first-order chi connectivity index (χ1) is 5.25. The van der Waals surface area contributed by atoms with Gasteiger partial charge >= 0.3 is 0 Å². The van der Waals surface area contributed by atoms with Crippen molar-refractivity contribution in [2.24, 2.45) is 5.73 Å². The maximum Gasteiger partial charge on any atom is 0.225 e. The molecular weight excluding hydrogens is 142 g/mol. The molecule has 0 saturated carbocycles. The smallest absolute Gasteiger partial charge is 0.225 e. The van der Waals surface area contributed by atoms with E-state index < -0.39 is 0 Å². The van der Waals surface area contributed by atoms with Crippen LogP contribution in [-0.2, 0) is 4.79 Å². The molecule has 11 heavy (non-hydrogen) atoms.